The lowest BCUT2D eigenvalue weighted by Crippen LogP contribution is -2.46. The van der Waals surface area contributed by atoms with E-state index in [1.807, 2.05) is 31.2 Å². The van der Waals surface area contributed by atoms with Gasteiger partial charge in [0.05, 0.1) is 16.9 Å². The van der Waals surface area contributed by atoms with Gasteiger partial charge in [-0.2, -0.15) is 0 Å². The van der Waals surface area contributed by atoms with Crippen LogP contribution in [0, 0.1) is 6.92 Å². The van der Waals surface area contributed by atoms with Crippen molar-refractivity contribution >= 4 is 45.6 Å². The number of unbranched alkanes of at least 4 members (excludes halogenated alkanes) is 16. The molecule has 1 fully saturated rings. The van der Waals surface area contributed by atoms with E-state index in [9.17, 15) is 9.59 Å². The molecule has 1 aromatic heterocycles. The zero-order valence-electron chi connectivity index (χ0n) is 29.0. The van der Waals surface area contributed by atoms with Crippen LogP contribution in [-0.4, -0.2) is 55.8 Å². The third kappa shape index (κ3) is 12.2. The maximum Gasteiger partial charge on any atom is 0.422 e. The number of carbonyl (C=O) groups excluding carboxylic acids is 2. The standard InChI is InChI=1S/C38H58N4O4S/c1-3-4-5-6-7-8-9-10-11-12-13-14-15-16-17-18-19-24-35(43)45-30-46-38(44)42-34-23-21-20-22-33(34)40-36(41-27-25-39-26-28-41)32-29-31(2)47-37(32)42/h20-23,29,39H,3-19,24-28,30H2,1-2H3. The van der Waals surface area contributed by atoms with Gasteiger partial charge in [-0.25, -0.2) is 14.7 Å². The Balaban J connectivity index is 1.10. The molecule has 0 radical (unpaired) electrons. The Morgan fingerprint density at radius 2 is 1.38 bits per heavy atom. The molecule has 2 aliphatic rings. The highest BCUT2D eigenvalue weighted by Crippen LogP contribution is 2.44. The topological polar surface area (TPSA) is 83.5 Å². The number of anilines is 2. The van der Waals surface area contributed by atoms with E-state index in [0.29, 0.717) is 17.8 Å². The van der Waals surface area contributed by atoms with Crippen LogP contribution in [0.5, 0.6) is 0 Å². The van der Waals surface area contributed by atoms with E-state index < -0.39 is 12.9 Å². The number of amides is 1. The molecule has 1 aromatic carbocycles. The molecular weight excluding hydrogens is 609 g/mol. The first-order valence-electron chi connectivity index (χ1n) is 18.4. The average molecular weight is 667 g/mol. The van der Waals surface area contributed by atoms with E-state index in [1.165, 1.54) is 101 Å². The van der Waals surface area contributed by atoms with Crippen molar-refractivity contribution in [2.45, 2.75) is 129 Å². The lowest BCUT2D eigenvalue weighted by Gasteiger charge is -2.30. The van der Waals surface area contributed by atoms with Crippen LogP contribution in [0.3, 0.4) is 0 Å². The minimum Gasteiger partial charge on any atom is -0.428 e. The number of nitrogens with zero attached hydrogens (tertiary/aromatic N) is 3. The van der Waals surface area contributed by atoms with Gasteiger partial charge in [0.2, 0.25) is 6.79 Å². The number of hydrogen-bond donors (Lipinski definition) is 1. The fourth-order valence-corrected chi connectivity index (χ4v) is 7.44. The first-order valence-corrected chi connectivity index (χ1v) is 19.3. The summed E-state index contributed by atoms with van der Waals surface area (Å²) in [6.45, 7) is 7.36. The molecule has 2 aliphatic heterocycles. The van der Waals surface area contributed by atoms with Crippen LogP contribution >= 0.6 is 11.3 Å². The number of ether oxygens (including phenoxy) is 2. The van der Waals surface area contributed by atoms with Gasteiger partial charge in [0.1, 0.15) is 10.8 Å². The number of aliphatic imine (C=N–C) groups is 1. The Morgan fingerprint density at radius 1 is 0.809 bits per heavy atom. The predicted octanol–water partition coefficient (Wildman–Crippen LogP) is 10.2. The molecule has 1 N–H and O–H groups in total. The quantitative estimate of drug-likeness (QED) is 0.0860. The van der Waals surface area contributed by atoms with Crippen LogP contribution in [0.25, 0.3) is 0 Å². The molecule has 260 valence electrons. The van der Waals surface area contributed by atoms with E-state index in [-0.39, 0.29) is 5.97 Å². The highest BCUT2D eigenvalue weighted by atomic mass is 32.1. The fourth-order valence-electron chi connectivity index (χ4n) is 6.44. The molecule has 3 heterocycles. The SMILES string of the molecule is CCCCCCCCCCCCCCCCCCCC(=O)OCOC(=O)N1c2ccccc2N=C(N2CCNCC2)c2cc(C)sc21. The normalized spacial score (nSPS) is 14.3. The van der Waals surface area contributed by atoms with Crippen LogP contribution in [0.4, 0.5) is 21.2 Å². The highest BCUT2D eigenvalue weighted by molar-refractivity contribution is 7.16. The number of para-hydroxylation sites is 2. The third-order valence-corrected chi connectivity index (χ3v) is 10.2. The number of rotatable bonds is 20. The van der Waals surface area contributed by atoms with Crippen molar-refractivity contribution in [3.63, 3.8) is 0 Å². The van der Waals surface area contributed by atoms with E-state index >= 15 is 0 Å². The minimum atomic E-state index is -0.581. The largest absolute Gasteiger partial charge is 0.428 e. The van der Waals surface area contributed by atoms with E-state index in [1.54, 1.807) is 4.90 Å². The van der Waals surface area contributed by atoms with E-state index in [4.69, 9.17) is 14.5 Å². The molecule has 8 nitrogen and oxygen atoms in total. The molecule has 0 unspecified atom stereocenters. The number of aryl methyl sites for hydroxylation is 1. The van der Waals surface area contributed by atoms with E-state index in [0.717, 1.165) is 66.7 Å². The van der Waals surface area contributed by atoms with Gasteiger partial charge in [0.15, 0.2) is 0 Å². The summed E-state index contributed by atoms with van der Waals surface area (Å²) in [6, 6.07) is 9.70. The second-order valence-corrected chi connectivity index (χ2v) is 14.3. The highest BCUT2D eigenvalue weighted by Gasteiger charge is 2.33. The maximum absolute atomic E-state index is 13.5. The van der Waals surface area contributed by atoms with Crippen molar-refractivity contribution in [3.05, 3.63) is 40.8 Å². The van der Waals surface area contributed by atoms with Crippen LogP contribution in [0.1, 0.15) is 133 Å². The molecule has 4 rings (SSSR count). The molecule has 0 aliphatic carbocycles. The van der Waals surface area contributed by atoms with Crippen molar-refractivity contribution in [3.8, 4) is 0 Å². The molecule has 9 heteroatoms. The van der Waals surface area contributed by atoms with Gasteiger partial charge < -0.3 is 19.7 Å². The second-order valence-electron chi connectivity index (χ2n) is 13.0. The molecule has 0 bridgehead atoms. The summed E-state index contributed by atoms with van der Waals surface area (Å²) < 4.78 is 10.8. The number of carbonyl (C=O) groups is 2. The summed E-state index contributed by atoms with van der Waals surface area (Å²) in [4.78, 5) is 35.9. The monoisotopic (exact) mass is 666 g/mol. The summed E-state index contributed by atoms with van der Waals surface area (Å²) in [7, 11) is 0. The Bertz CT molecular complexity index is 1260. The first-order chi connectivity index (χ1) is 23.1. The van der Waals surface area contributed by atoms with Crippen molar-refractivity contribution in [2.75, 3.05) is 37.9 Å². The fraction of sp³-hybridized carbons (Fsp3) is 0.658. The molecule has 47 heavy (non-hydrogen) atoms. The maximum atomic E-state index is 13.5. The molecule has 0 spiro atoms. The predicted molar refractivity (Wildman–Crippen MR) is 194 cm³/mol. The summed E-state index contributed by atoms with van der Waals surface area (Å²) in [6.07, 6.45) is 21.9. The number of nitrogens with one attached hydrogen (secondary N) is 1. The second kappa shape index (κ2) is 21.1. The van der Waals surface area contributed by atoms with Crippen LogP contribution in [0.2, 0.25) is 0 Å². The third-order valence-electron chi connectivity index (χ3n) is 9.11. The van der Waals surface area contributed by atoms with Crippen LogP contribution < -0.4 is 10.2 Å². The van der Waals surface area contributed by atoms with Crippen LogP contribution in [0.15, 0.2) is 35.3 Å². The van der Waals surface area contributed by atoms with Crippen LogP contribution in [-0.2, 0) is 14.3 Å². The molecule has 1 amide bonds. The van der Waals surface area contributed by atoms with Gasteiger partial charge in [-0.15, -0.1) is 11.3 Å². The van der Waals surface area contributed by atoms with Crippen molar-refractivity contribution in [2.24, 2.45) is 4.99 Å². The Labute approximate surface area is 287 Å². The van der Waals surface area contributed by atoms with E-state index in [2.05, 4.69) is 23.2 Å². The Hall–Kier alpha value is -2.91. The zero-order valence-corrected chi connectivity index (χ0v) is 29.8. The molecule has 0 atom stereocenters. The number of amidine groups is 1. The van der Waals surface area contributed by atoms with Crippen molar-refractivity contribution < 1.29 is 19.1 Å². The van der Waals surface area contributed by atoms with Gasteiger partial charge in [0, 0.05) is 37.5 Å². The van der Waals surface area contributed by atoms with Gasteiger partial charge in [0.25, 0.3) is 0 Å². The minimum absolute atomic E-state index is 0.327. The summed E-state index contributed by atoms with van der Waals surface area (Å²) in [5.41, 5.74) is 2.27. The smallest absolute Gasteiger partial charge is 0.422 e. The average Bonchev–Trinajstić information content (AvgIpc) is 3.40. The zero-order chi connectivity index (χ0) is 33.1. The summed E-state index contributed by atoms with van der Waals surface area (Å²) in [5.74, 6) is 0.543. The van der Waals surface area contributed by atoms with Crippen molar-refractivity contribution in [1.82, 2.24) is 10.2 Å². The Kier molecular flexibility index (Phi) is 16.6. The number of benzene rings is 1. The van der Waals surface area contributed by atoms with Gasteiger partial charge in [-0.1, -0.05) is 122 Å². The van der Waals surface area contributed by atoms with Crippen molar-refractivity contribution in [1.29, 1.82) is 0 Å². The molecular formula is C38H58N4O4S. The molecule has 1 saturated heterocycles. The van der Waals surface area contributed by atoms with Gasteiger partial charge in [-0.05, 0) is 31.5 Å². The molecule has 0 saturated carbocycles. The number of esters is 1. The summed E-state index contributed by atoms with van der Waals surface area (Å²) >= 11 is 1.53. The summed E-state index contributed by atoms with van der Waals surface area (Å²) in [5, 5.41) is 4.17. The van der Waals surface area contributed by atoms with Gasteiger partial charge in [-0.3, -0.25) is 4.79 Å². The Morgan fingerprint density at radius 3 is 2.00 bits per heavy atom. The van der Waals surface area contributed by atoms with Gasteiger partial charge >= 0.3 is 12.1 Å². The number of hydrogen-bond acceptors (Lipinski definition) is 8. The number of piperazine rings is 1. The number of thiophene rings is 1. The lowest BCUT2D eigenvalue weighted by molar-refractivity contribution is -0.151. The molecule has 2 aromatic rings. The number of fused-ring (bicyclic) bond motifs is 2. The first kappa shape index (κ1) is 36.9. The lowest BCUT2D eigenvalue weighted by atomic mass is 10.0.